The molecule has 17 heavy (non-hydrogen) atoms. The summed E-state index contributed by atoms with van der Waals surface area (Å²) in [6.07, 6.45) is 4.59. The summed E-state index contributed by atoms with van der Waals surface area (Å²) in [6.45, 7) is 2.15. The fourth-order valence-electron chi connectivity index (χ4n) is 2.44. The van der Waals surface area contributed by atoms with E-state index in [-0.39, 0.29) is 11.2 Å². The van der Waals surface area contributed by atoms with Gasteiger partial charge in [-0.2, -0.15) is 0 Å². The molecule has 0 aliphatic heterocycles. The Kier molecular flexibility index (Phi) is 2.92. The fourth-order valence-corrected chi connectivity index (χ4v) is 2.44. The van der Waals surface area contributed by atoms with Gasteiger partial charge in [-0.25, -0.2) is 0 Å². The maximum Gasteiger partial charge on any atom is 0.273 e. The minimum Gasteiger partial charge on any atom is -0.398 e. The van der Waals surface area contributed by atoms with Gasteiger partial charge < -0.3 is 11.1 Å². The van der Waals surface area contributed by atoms with E-state index >= 15 is 0 Å². The molecule has 2 rings (SSSR count). The number of hydrogen-bond acceptors (Lipinski definition) is 4. The first-order chi connectivity index (χ1) is 7.98. The van der Waals surface area contributed by atoms with Crippen molar-refractivity contribution in [3.05, 3.63) is 28.3 Å². The second-order valence-corrected chi connectivity index (χ2v) is 4.96. The van der Waals surface area contributed by atoms with Gasteiger partial charge in [0.15, 0.2) is 0 Å². The first-order valence-corrected chi connectivity index (χ1v) is 5.82. The minimum atomic E-state index is -0.418. The average Bonchev–Trinajstić information content (AvgIpc) is 2.63. The van der Waals surface area contributed by atoms with Crippen molar-refractivity contribution in [1.29, 1.82) is 0 Å². The quantitative estimate of drug-likeness (QED) is 0.479. The maximum absolute atomic E-state index is 10.7. The van der Waals surface area contributed by atoms with Crippen molar-refractivity contribution in [2.24, 2.45) is 0 Å². The minimum absolute atomic E-state index is 0.0362. The number of nitro benzene ring substituents is 1. The molecule has 1 aromatic carbocycles. The summed E-state index contributed by atoms with van der Waals surface area (Å²) in [7, 11) is 0. The smallest absolute Gasteiger partial charge is 0.273 e. The molecule has 0 amide bonds. The van der Waals surface area contributed by atoms with Crippen molar-refractivity contribution in [3.63, 3.8) is 0 Å². The summed E-state index contributed by atoms with van der Waals surface area (Å²) in [5.41, 5.74) is 6.91. The van der Waals surface area contributed by atoms with E-state index in [0.717, 1.165) is 18.5 Å². The Labute approximate surface area is 100 Å². The molecule has 0 unspecified atom stereocenters. The second-order valence-electron chi connectivity index (χ2n) is 4.96. The monoisotopic (exact) mass is 235 g/mol. The van der Waals surface area contributed by atoms with E-state index in [9.17, 15) is 10.1 Å². The van der Waals surface area contributed by atoms with Crippen molar-refractivity contribution in [2.45, 2.75) is 38.1 Å². The van der Waals surface area contributed by atoms with Crippen LogP contribution in [0.4, 0.5) is 17.1 Å². The zero-order valence-electron chi connectivity index (χ0n) is 9.90. The van der Waals surface area contributed by atoms with Crippen molar-refractivity contribution < 1.29 is 4.92 Å². The third-order valence-electron chi connectivity index (χ3n) is 3.30. The van der Waals surface area contributed by atoms with Gasteiger partial charge in [0.25, 0.3) is 5.69 Å². The molecule has 0 bridgehead atoms. The lowest BCUT2D eigenvalue weighted by molar-refractivity contribution is -0.384. The highest BCUT2D eigenvalue weighted by atomic mass is 16.6. The molecule has 92 valence electrons. The molecule has 0 atom stereocenters. The Morgan fingerprint density at radius 3 is 2.59 bits per heavy atom. The summed E-state index contributed by atoms with van der Waals surface area (Å²) < 4.78 is 0. The van der Waals surface area contributed by atoms with E-state index in [1.54, 1.807) is 12.1 Å². The van der Waals surface area contributed by atoms with E-state index in [0.29, 0.717) is 5.69 Å². The Balaban J connectivity index is 2.23. The van der Waals surface area contributed by atoms with Gasteiger partial charge in [0.05, 0.1) is 4.92 Å². The van der Waals surface area contributed by atoms with Crippen molar-refractivity contribution in [1.82, 2.24) is 0 Å². The third-order valence-corrected chi connectivity index (χ3v) is 3.30. The van der Waals surface area contributed by atoms with E-state index in [2.05, 4.69) is 12.2 Å². The normalized spacial score (nSPS) is 17.9. The lowest BCUT2D eigenvalue weighted by Crippen LogP contribution is -2.30. The van der Waals surface area contributed by atoms with Crippen LogP contribution in [0.1, 0.15) is 32.6 Å². The molecule has 5 heteroatoms. The predicted molar refractivity (Wildman–Crippen MR) is 68.0 cm³/mol. The first kappa shape index (κ1) is 11.7. The number of anilines is 2. The van der Waals surface area contributed by atoms with Crippen LogP contribution in [-0.4, -0.2) is 10.5 Å². The number of rotatable bonds is 3. The molecule has 3 N–H and O–H groups in total. The number of nitro groups is 1. The van der Waals surface area contributed by atoms with Crippen molar-refractivity contribution in [2.75, 3.05) is 11.1 Å². The van der Waals surface area contributed by atoms with Gasteiger partial charge in [-0.1, -0.05) is 12.8 Å². The third kappa shape index (κ3) is 2.67. The zero-order chi connectivity index (χ0) is 12.5. The molecule has 5 nitrogen and oxygen atoms in total. The number of nitrogen functional groups attached to an aromatic ring is 1. The lowest BCUT2D eigenvalue weighted by atomic mass is 10.00. The van der Waals surface area contributed by atoms with Crippen molar-refractivity contribution >= 4 is 17.1 Å². The number of benzene rings is 1. The number of nitrogens with two attached hydrogens (primary N) is 1. The Morgan fingerprint density at radius 1 is 1.35 bits per heavy atom. The van der Waals surface area contributed by atoms with Gasteiger partial charge in [0.1, 0.15) is 0 Å². The highest BCUT2D eigenvalue weighted by Crippen LogP contribution is 2.34. The summed E-state index contributed by atoms with van der Waals surface area (Å²) in [5, 5.41) is 14.1. The summed E-state index contributed by atoms with van der Waals surface area (Å²) in [6, 6.07) is 4.67. The van der Waals surface area contributed by atoms with E-state index in [1.165, 1.54) is 18.9 Å². The SMILES string of the molecule is CC1(Nc2cc(N)cc([N+](=O)[O-])c2)CCCC1. The summed E-state index contributed by atoms with van der Waals surface area (Å²) >= 11 is 0. The Hall–Kier alpha value is -1.78. The molecule has 0 heterocycles. The lowest BCUT2D eigenvalue weighted by Gasteiger charge is -2.26. The molecule has 1 aliphatic rings. The molecular formula is C12H17N3O2. The average molecular weight is 235 g/mol. The van der Waals surface area contributed by atoms with E-state index < -0.39 is 4.92 Å². The molecule has 1 fully saturated rings. The van der Waals surface area contributed by atoms with Gasteiger partial charge >= 0.3 is 0 Å². The predicted octanol–water partition coefficient (Wildman–Crippen LogP) is 2.92. The summed E-state index contributed by atoms with van der Waals surface area (Å²) in [4.78, 5) is 10.3. The molecule has 0 saturated heterocycles. The Morgan fingerprint density at radius 2 is 2.00 bits per heavy atom. The van der Waals surface area contributed by atoms with Gasteiger partial charge in [-0.05, 0) is 25.8 Å². The van der Waals surface area contributed by atoms with Gasteiger partial charge in [-0.15, -0.1) is 0 Å². The fraction of sp³-hybridized carbons (Fsp3) is 0.500. The van der Waals surface area contributed by atoms with Gasteiger partial charge in [0.2, 0.25) is 0 Å². The standard InChI is InChI=1S/C12H17N3O2/c1-12(4-2-3-5-12)14-10-6-9(13)7-11(8-10)15(16)17/h6-8,14H,2-5,13H2,1H3. The number of nitrogens with one attached hydrogen (secondary N) is 1. The molecular weight excluding hydrogens is 218 g/mol. The summed E-state index contributed by atoms with van der Waals surface area (Å²) in [5.74, 6) is 0. The topological polar surface area (TPSA) is 81.2 Å². The number of nitrogens with zero attached hydrogens (tertiary/aromatic N) is 1. The van der Waals surface area contributed by atoms with Gasteiger partial charge in [0, 0.05) is 29.0 Å². The molecule has 0 radical (unpaired) electrons. The van der Waals surface area contributed by atoms with Gasteiger partial charge in [-0.3, -0.25) is 10.1 Å². The van der Waals surface area contributed by atoms with Crippen LogP contribution in [0.25, 0.3) is 0 Å². The van der Waals surface area contributed by atoms with Crippen LogP contribution in [0.2, 0.25) is 0 Å². The Bertz CT molecular complexity index is 439. The van der Waals surface area contributed by atoms with Crippen LogP contribution >= 0.6 is 0 Å². The largest absolute Gasteiger partial charge is 0.398 e. The van der Waals surface area contributed by atoms with Crippen LogP contribution in [0, 0.1) is 10.1 Å². The van der Waals surface area contributed by atoms with E-state index in [1.807, 2.05) is 0 Å². The second kappa shape index (κ2) is 4.24. The molecule has 1 saturated carbocycles. The first-order valence-electron chi connectivity index (χ1n) is 5.82. The van der Waals surface area contributed by atoms with Crippen LogP contribution < -0.4 is 11.1 Å². The van der Waals surface area contributed by atoms with Crippen LogP contribution in [-0.2, 0) is 0 Å². The number of hydrogen-bond donors (Lipinski definition) is 2. The van der Waals surface area contributed by atoms with Crippen molar-refractivity contribution in [3.8, 4) is 0 Å². The number of non-ortho nitro benzene ring substituents is 1. The van der Waals surface area contributed by atoms with Crippen LogP contribution in [0.5, 0.6) is 0 Å². The molecule has 0 aromatic heterocycles. The maximum atomic E-state index is 10.7. The highest BCUT2D eigenvalue weighted by molar-refractivity contribution is 5.62. The molecule has 1 aliphatic carbocycles. The molecule has 0 spiro atoms. The molecule has 1 aromatic rings. The van der Waals surface area contributed by atoms with Crippen LogP contribution in [0.15, 0.2) is 18.2 Å². The van der Waals surface area contributed by atoms with Crippen LogP contribution in [0.3, 0.4) is 0 Å². The van der Waals surface area contributed by atoms with E-state index in [4.69, 9.17) is 5.73 Å². The zero-order valence-corrected chi connectivity index (χ0v) is 9.90. The highest BCUT2D eigenvalue weighted by Gasteiger charge is 2.28.